The second-order valence-corrected chi connectivity index (χ2v) is 6.52. The van der Waals surface area contributed by atoms with E-state index >= 15 is 0 Å². The van der Waals surface area contributed by atoms with Gasteiger partial charge in [0.05, 0.1) is 5.57 Å². The van der Waals surface area contributed by atoms with Crippen molar-refractivity contribution in [3.05, 3.63) is 112 Å². The molecule has 0 fully saturated rings. The van der Waals surface area contributed by atoms with Gasteiger partial charge in [-0.2, -0.15) is 0 Å². The average Bonchev–Trinajstić information content (AvgIpc) is 2.71. The van der Waals surface area contributed by atoms with E-state index in [0.717, 1.165) is 5.56 Å². The normalized spacial score (nSPS) is 13.5. The Kier molecular flexibility index (Phi) is 4.13. The van der Waals surface area contributed by atoms with Crippen molar-refractivity contribution in [1.82, 2.24) is 0 Å². The maximum absolute atomic E-state index is 13.2. The topological polar surface area (TPSA) is 51.2 Å². The Morgan fingerprint density at radius 2 is 1.22 bits per heavy atom. The molecule has 0 spiro atoms. The van der Waals surface area contributed by atoms with Gasteiger partial charge in [-0.05, 0) is 12.5 Å². The minimum absolute atomic E-state index is 0.0613. The fourth-order valence-corrected chi connectivity index (χ4v) is 3.32. The first-order chi connectivity index (χ1) is 13.1. The zero-order valence-corrected chi connectivity index (χ0v) is 14.7. The number of rotatable bonds is 3. The molecule has 3 nitrogen and oxygen atoms in total. The summed E-state index contributed by atoms with van der Waals surface area (Å²) in [4.78, 5) is 39.6. The predicted molar refractivity (Wildman–Crippen MR) is 104 cm³/mol. The average molecular weight is 352 g/mol. The van der Waals surface area contributed by atoms with E-state index in [-0.39, 0.29) is 22.5 Å². The van der Waals surface area contributed by atoms with Gasteiger partial charge >= 0.3 is 0 Å². The van der Waals surface area contributed by atoms with Gasteiger partial charge in [-0.25, -0.2) is 0 Å². The number of benzene rings is 3. The van der Waals surface area contributed by atoms with Crippen LogP contribution in [0.5, 0.6) is 0 Å². The first kappa shape index (κ1) is 16.9. The van der Waals surface area contributed by atoms with Crippen molar-refractivity contribution in [3.63, 3.8) is 0 Å². The Morgan fingerprint density at radius 3 is 1.85 bits per heavy atom. The molecule has 0 unspecified atom stereocenters. The quantitative estimate of drug-likeness (QED) is 0.507. The number of carbonyl (C=O) groups excluding carboxylic acids is 3. The lowest BCUT2D eigenvalue weighted by Crippen LogP contribution is -2.26. The van der Waals surface area contributed by atoms with Gasteiger partial charge in [0, 0.05) is 22.3 Å². The van der Waals surface area contributed by atoms with E-state index < -0.39 is 11.6 Å². The minimum Gasteiger partial charge on any atom is -0.289 e. The summed E-state index contributed by atoms with van der Waals surface area (Å²) < 4.78 is 0. The molecule has 0 heterocycles. The van der Waals surface area contributed by atoms with Crippen LogP contribution >= 0.6 is 0 Å². The van der Waals surface area contributed by atoms with Gasteiger partial charge in [0.2, 0.25) is 0 Å². The van der Waals surface area contributed by atoms with E-state index in [0.29, 0.717) is 16.7 Å². The summed E-state index contributed by atoms with van der Waals surface area (Å²) in [6, 6.07) is 22.6. The summed E-state index contributed by atoms with van der Waals surface area (Å²) in [5.74, 6) is -1.14. The van der Waals surface area contributed by atoms with E-state index in [4.69, 9.17) is 0 Å². The predicted octanol–water partition coefficient (Wildman–Crippen LogP) is 4.71. The van der Waals surface area contributed by atoms with Crippen LogP contribution < -0.4 is 0 Å². The fourth-order valence-electron chi connectivity index (χ4n) is 3.32. The zero-order chi connectivity index (χ0) is 19.0. The molecule has 0 aliphatic heterocycles. The number of aryl methyl sites for hydroxylation is 1. The molecular formula is C24H16O3. The van der Waals surface area contributed by atoms with Crippen LogP contribution in [0.15, 0.2) is 84.4 Å². The SMILES string of the molecule is Cc1ccc(C(=O)C2=C(c3ccccc3)C(=O)c3ccccc3C2=O)cc1. The van der Waals surface area contributed by atoms with Gasteiger partial charge in [-0.1, -0.05) is 84.4 Å². The first-order valence-electron chi connectivity index (χ1n) is 8.67. The molecule has 0 saturated carbocycles. The molecule has 0 aromatic heterocycles. The maximum Gasteiger partial charge on any atom is 0.198 e. The molecule has 3 aromatic rings. The van der Waals surface area contributed by atoms with E-state index in [1.807, 2.05) is 25.1 Å². The number of fused-ring (bicyclic) bond motifs is 1. The van der Waals surface area contributed by atoms with Crippen molar-refractivity contribution in [2.45, 2.75) is 6.92 Å². The molecule has 0 N–H and O–H groups in total. The zero-order valence-electron chi connectivity index (χ0n) is 14.7. The lowest BCUT2D eigenvalue weighted by atomic mass is 9.78. The third kappa shape index (κ3) is 2.83. The van der Waals surface area contributed by atoms with Gasteiger partial charge in [0.25, 0.3) is 0 Å². The highest BCUT2D eigenvalue weighted by Crippen LogP contribution is 2.34. The Bertz CT molecular complexity index is 1100. The second-order valence-electron chi connectivity index (χ2n) is 6.52. The first-order valence-corrected chi connectivity index (χ1v) is 8.67. The van der Waals surface area contributed by atoms with Crippen LogP contribution in [0.25, 0.3) is 5.57 Å². The molecular weight excluding hydrogens is 336 g/mol. The molecule has 1 aliphatic carbocycles. The van der Waals surface area contributed by atoms with Crippen molar-refractivity contribution in [2.24, 2.45) is 0 Å². The Hall–Kier alpha value is -3.59. The Morgan fingerprint density at radius 1 is 0.667 bits per heavy atom. The third-order valence-corrected chi connectivity index (χ3v) is 4.72. The van der Waals surface area contributed by atoms with Gasteiger partial charge in [-0.15, -0.1) is 0 Å². The number of hydrogen-bond donors (Lipinski definition) is 0. The van der Waals surface area contributed by atoms with Crippen LogP contribution in [0.1, 0.15) is 42.2 Å². The van der Waals surface area contributed by atoms with Gasteiger partial charge in [0.15, 0.2) is 17.3 Å². The van der Waals surface area contributed by atoms with E-state index in [2.05, 4.69) is 0 Å². The molecule has 130 valence electrons. The third-order valence-electron chi connectivity index (χ3n) is 4.72. The highest BCUT2D eigenvalue weighted by atomic mass is 16.2. The summed E-state index contributed by atoms with van der Waals surface area (Å²) in [6.45, 7) is 1.93. The molecule has 0 amide bonds. The van der Waals surface area contributed by atoms with Crippen LogP contribution in [0.3, 0.4) is 0 Å². The van der Waals surface area contributed by atoms with Crippen LogP contribution in [0, 0.1) is 6.92 Å². The lowest BCUT2D eigenvalue weighted by molar-refractivity contribution is 0.0940. The van der Waals surface area contributed by atoms with Crippen LogP contribution in [0.4, 0.5) is 0 Å². The molecule has 0 radical (unpaired) electrons. The maximum atomic E-state index is 13.2. The summed E-state index contributed by atoms with van der Waals surface area (Å²) in [5, 5.41) is 0. The van der Waals surface area contributed by atoms with Crippen molar-refractivity contribution in [3.8, 4) is 0 Å². The number of allylic oxidation sites excluding steroid dienone is 2. The molecule has 4 rings (SSSR count). The van der Waals surface area contributed by atoms with E-state index in [9.17, 15) is 14.4 Å². The molecule has 0 atom stereocenters. The largest absolute Gasteiger partial charge is 0.289 e. The summed E-state index contributed by atoms with van der Waals surface area (Å²) >= 11 is 0. The monoisotopic (exact) mass is 352 g/mol. The van der Waals surface area contributed by atoms with Crippen molar-refractivity contribution in [1.29, 1.82) is 0 Å². The summed E-state index contributed by atoms with van der Waals surface area (Å²) in [7, 11) is 0. The lowest BCUT2D eigenvalue weighted by Gasteiger charge is -2.20. The highest BCUT2D eigenvalue weighted by molar-refractivity contribution is 6.49. The highest BCUT2D eigenvalue weighted by Gasteiger charge is 2.36. The van der Waals surface area contributed by atoms with E-state index in [1.165, 1.54) is 0 Å². The summed E-state index contributed by atoms with van der Waals surface area (Å²) in [6.07, 6.45) is 0. The Balaban J connectivity index is 1.98. The van der Waals surface area contributed by atoms with E-state index in [1.54, 1.807) is 60.7 Å². The molecule has 3 aromatic carbocycles. The fraction of sp³-hybridized carbons (Fsp3) is 0.0417. The second kappa shape index (κ2) is 6.61. The van der Waals surface area contributed by atoms with Gasteiger partial charge < -0.3 is 0 Å². The summed E-state index contributed by atoms with van der Waals surface area (Å²) in [5.41, 5.74) is 2.70. The molecule has 1 aliphatic rings. The molecule has 0 bridgehead atoms. The molecule has 0 saturated heterocycles. The Labute approximate surface area is 157 Å². The van der Waals surface area contributed by atoms with Gasteiger partial charge in [0.1, 0.15) is 0 Å². The number of carbonyl (C=O) groups is 3. The minimum atomic E-state index is -0.429. The van der Waals surface area contributed by atoms with Crippen LogP contribution in [-0.2, 0) is 0 Å². The van der Waals surface area contributed by atoms with Crippen molar-refractivity contribution < 1.29 is 14.4 Å². The smallest absolute Gasteiger partial charge is 0.198 e. The van der Waals surface area contributed by atoms with Crippen LogP contribution in [0.2, 0.25) is 0 Å². The molecule has 3 heteroatoms. The standard InChI is InChI=1S/C24H16O3/c1-15-11-13-17(14-12-15)22(25)21-20(16-7-3-2-4-8-16)23(26)18-9-5-6-10-19(18)24(21)27/h2-14H,1H3. The van der Waals surface area contributed by atoms with Gasteiger partial charge in [-0.3, -0.25) is 14.4 Å². The number of ketones is 3. The number of Topliss-reactive ketones (excluding diaryl/α,β-unsaturated/α-hetero) is 3. The van der Waals surface area contributed by atoms with Crippen molar-refractivity contribution in [2.75, 3.05) is 0 Å². The van der Waals surface area contributed by atoms with Crippen molar-refractivity contribution >= 4 is 22.9 Å². The molecule has 27 heavy (non-hydrogen) atoms. The number of hydrogen-bond acceptors (Lipinski definition) is 3. The van der Waals surface area contributed by atoms with Crippen LogP contribution in [-0.4, -0.2) is 17.3 Å².